The number of benzene rings is 2. The van der Waals surface area contributed by atoms with Gasteiger partial charge in [0.1, 0.15) is 5.57 Å². The third-order valence-electron chi connectivity index (χ3n) is 5.88. The molecule has 1 aliphatic heterocycles. The number of halogens is 1. The Labute approximate surface area is 203 Å². The van der Waals surface area contributed by atoms with Crippen LogP contribution < -0.4 is 10.2 Å². The summed E-state index contributed by atoms with van der Waals surface area (Å²) in [6.07, 6.45) is 1.63. The summed E-state index contributed by atoms with van der Waals surface area (Å²) in [6, 6.07) is 13.5. The van der Waals surface area contributed by atoms with Gasteiger partial charge in [0.05, 0.1) is 5.69 Å². The largest absolute Gasteiger partial charge is 0.318 e. The van der Waals surface area contributed by atoms with E-state index in [9.17, 15) is 9.59 Å². The fraction of sp³-hybridized carbons (Fsp3) is 0.192. The minimum atomic E-state index is -0.518. The molecule has 5 nitrogen and oxygen atoms in total. The highest BCUT2D eigenvalue weighted by Gasteiger charge is 2.35. The molecule has 2 heterocycles. The molecule has 1 fully saturated rings. The van der Waals surface area contributed by atoms with Gasteiger partial charge < -0.3 is 4.57 Å². The summed E-state index contributed by atoms with van der Waals surface area (Å²) < 4.78 is 2.13. The Bertz CT molecular complexity index is 1370. The van der Waals surface area contributed by atoms with E-state index in [1.165, 1.54) is 10.5 Å². The SMILES string of the molecule is Cc1ccc(-n2c(C)cc(/C=C3\C(=O)NC(=S)N(c4ccc(C)c(Cl)c4)C3=O)c2C)c(C)c1. The number of hydrogen-bond acceptors (Lipinski definition) is 3. The molecule has 7 heteroatoms. The first kappa shape index (κ1) is 23.0. The number of thiocarbonyl (C=S) groups is 1. The van der Waals surface area contributed by atoms with Crippen molar-refractivity contribution in [2.75, 3.05) is 4.90 Å². The molecular formula is C26H24ClN3O2S. The number of rotatable bonds is 3. The van der Waals surface area contributed by atoms with Crippen molar-refractivity contribution in [2.45, 2.75) is 34.6 Å². The van der Waals surface area contributed by atoms with Crippen molar-refractivity contribution < 1.29 is 9.59 Å². The van der Waals surface area contributed by atoms with Gasteiger partial charge in [-0.05, 0) is 93.9 Å². The summed E-state index contributed by atoms with van der Waals surface area (Å²) in [5.41, 5.74) is 7.55. The molecule has 0 bridgehead atoms. The molecule has 33 heavy (non-hydrogen) atoms. The molecule has 1 N–H and O–H groups in total. The summed E-state index contributed by atoms with van der Waals surface area (Å²) >= 11 is 11.6. The lowest BCUT2D eigenvalue weighted by molar-refractivity contribution is -0.122. The molecule has 1 aliphatic rings. The smallest absolute Gasteiger partial charge is 0.270 e. The minimum absolute atomic E-state index is 0.0150. The Morgan fingerprint density at radius 3 is 2.33 bits per heavy atom. The van der Waals surface area contributed by atoms with Gasteiger partial charge in [-0.3, -0.25) is 19.8 Å². The molecule has 0 spiro atoms. The maximum Gasteiger partial charge on any atom is 0.270 e. The predicted octanol–water partition coefficient (Wildman–Crippen LogP) is 5.50. The highest BCUT2D eigenvalue weighted by molar-refractivity contribution is 7.80. The van der Waals surface area contributed by atoms with E-state index < -0.39 is 11.8 Å². The zero-order valence-corrected chi connectivity index (χ0v) is 20.7. The highest BCUT2D eigenvalue weighted by Crippen LogP contribution is 2.29. The van der Waals surface area contributed by atoms with Gasteiger partial charge in [-0.2, -0.15) is 0 Å². The Balaban J connectivity index is 1.78. The minimum Gasteiger partial charge on any atom is -0.318 e. The lowest BCUT2D eigenvalue weighted by Crippen LogP contribution is -2.54. The fourth-order valence-electron chi connectivity index (χ4n) is 4.13. The van der Waals surface area contributed by atoms with Crippen molar-refractivity contribution in [1.29, 1.82) is 0 Å². The highest BCUT2D eigenvalue weighted by atomic mass is 35.5. The maximum absolute atomic E-state index is 13.4. The Morgan fingerprint density at radius 2 is 1.67 bits per heavy atom. The molecule has 0 aliphatic carbocycles. The second-order valence-corrected chi connectivity index (χ2v) is 9.14. The third-order valence-corrected chi connectivity index (χ3v) is 6.57. The van der Waals surface area contributed by atoms with Crippen molar-refractivity contribution in [3.63, 3.8) is 0 Å². The number of anilines is 1. The van der Waals surface area contributed by atoms with Gasteiger partial charge in [0.25, 0.3) is 11.8 Å². The van der Waals surface area contributed by atoms with Crippen molar-refractivity contribution in [1.82, 2.24) is 9.88 Å². The number of carbonyl (C=O) groups excluding carboxylic acids is 2. The normalized spacial score (nSPS) is 15.4. The van der Waals surface area contributed by atoms with Gasteiger partial charge in [-0.25, -0.2) is 0 Å². The van der Waals surface area contributed by atoms with E-state index in [1.54, 1.807) is 18.2 Å². The quantitative estimate of drug-likeness (QED) is 0.307. The average Bonchev–Trinajstić information content (AvgIpc) is 3.01. The molecular weight excluding hydrogens is 454 g/mol. The Hall–Kier alpha value is -3.22. The first-order valence-electron chi connectivity index (χ1n) is 10.5. The molecule has 1 aromatic heterocycles. The van der Waals surface area contributed by atoms with Crippen molar-refractivity contribution >= 4 is 52.5 Å². The van der Waals surface area contributed by atoms with Gasteiger partial charge in [-0.15, -0.1) is 0 Å². The fourth-order valence-corrected chi connectivity index (χ4v) is 4.58. The average molecular weight is 478 g/mol. The van der Waals surface area contributed by atoms with E-state index in [0.29, 0.717) is 10.7 Å². The number of nitrogens with one attached hydrogen (secondary N) is 1. The molecule has 2 aromatic carbocycles. The summed E-state index contributed by atoms with van der Waals surface area (Å²) in [5, 5.41) is 3.18. The summed E-state index contributed by atoms with van der Waals surface area (Å²) in [7, 11) is 0. The van der Waals surface area contributed by atoms with Crippen LogP contribution in [0.4, 0.5) is 5.69 Å². The van der Waals surface area contributed by atoms with Gasteiger partial charge in [0.15, 0.2) is 5.11 Å². The van der Waals surface area contributed by atoms with Crippen LogP contribution in [0.5, 0.6) is 0 Å². The van der Waals surface area contributed by atoms with Crippen LogP contribution in [0.2, 0.25) is 5.02 Å². The second kappa shape index (κ2) is 8.61. The van der Waals surface area contributed by atoms with E-state index in [-0.39, 0.29) is 10.7 Å². The van der Waals surface area contributed by atoms with Gasteiger partial charge in [0.2, 0.25) is 0 Å². The van der Waals surface area contributed by atoms with Gasteiger partial charge in [-0.1, -0.05) is 35.4 Å². The van der Waals surface area contributed by atoms with Crippen LogP contribution in [0.25, 0.3) is 11.8 Å². The molecule has 0 unspecified atom stereocenters. The number of aromatic nitrogens is 1. The lowest BCUT2D eigenvalue weighted by atomic mass is 10.1. The number of hydrogen-bond donors (Lipinski definition) is 1. The number of aryl methyl sites for hydroxylation is 4. The number of nitrogens with zero attached hydrogens (tertiary/aromatic N) is 2. The Kier molecular flexibility index (Phi) is 5.99. The van der Waals surface area contributed by atoms with Crippen LogP contribution in [0.1, 0.15) is 33.6 Å². The van der Waals surface area contributed by atoms with Crippen molar-refractivity contribution in [2.24, 2.45) is 0 Å². The lowest BCUT2D eigenvalue weighted by Gasteiger charge is -2.29. The molecule has 4 rings (SSSR count). The third kappa shape index (κ3) is 4.12. The van der Waals surface area contributed by atoms with E-state index in [4.69, 9.17) is 23.8 Å². The van der Waals surface area contributed by atoms with Crippen LogP contribution in [-0.4, -0.2) is 21.5 Å². The zero-order valence-electron chi connectivity index (χ0n) is 19.1. The summed E-state index contributed by atoms with van der Waals surface area (Å²) in [4.78, 5) is 27.4. The summed E-state index contributed by atoms with van der Waals surface area (Å²) in [6.45, 7) is 10.00. The van der Waals surface area contributed by atoms with Crippen LogP contribution in [-0.2, 0) is 9.59 Å². The second-order valence-electron chi connectivity index (χ2n) is 8.34. The van der Waals surface area contributed by atoms with Crippen LogP contribution in [0.3, 0.4) is 0 Å². The number of carbonyl (C=O) groups is 2. The van der Waals surface area contributed by atoms with Crippen LogP contribution in [0.15, 0.2) is 48.0 Å². The van der Waals surface area contributed by atoms with Crippen molar-refractivity contribution in [3.05, 3.63) is 86.7 Å². The van der Waals surface area contributed by atoms with Gasteiger partial charge >= 0.3 is 0 Å². The van der Waals surface area contributed by atoms with E-state index in [0.717, 1.165) is 33.8 Å². The molecule has 0 radical (unpaired) electrons. The first-order valence-corrected chi connectivity index (χ1v) is 11.3. The van der Waals surface area contributed by atoms with Gasteiger partial charge in [0, 0.05) is 22.1 Å². The van der Waals surface area contributed by atoms with E-state index in [2.05, 4.69) is 41.9 Å². The topological polar surface area (TPSA) is 54.3 Å². The van der Waals surface area contributed by atoms with E-state index >= 15 is 0 Å². The molecule has 3 aromatic rings. The molecule has 0 atom stereocenters. The van der Waals surface area contributed by atoms with Crippen molar-refractivity contribution in [3.8, 4) is 5.69 Å². The Morgan fingerprint density at radius 1 is 0.939 bits per heavy atom. The predicted molar refractivity (Wildman–Crippen MR) is 137 cm³/mol. The molecule has 1 saturated heterocycles. The first-order chi connectivity index (χ1) is 15.6. The molecule has 2 amide bonds. The zero-order chi connectivity index (χ0) is 24.0. The van der Waals surface area contributed by atoms with Crippen LogP contribution in [0, 0.1) is 34.6 Å². The standard InChI is InChI=1S/C26H24ClN3O2S/c1-14-6-9-23(16(3)10-14)29-17(4)11-19(18(29)5)12-21-24(31)28-26(33)30(25(21)32)20-8-7-15(2)22(27)13-20/h6-13H,1-5H3,(H,28,31,33)/b21-12+. The molecule has 0 saturated carbocycles. The van der Waals surface area contributed by atoms with E-state index in [1.807, 2.05) is 32.9 Å². The van der Waals surface area contributed by atoms with Crippen LogP contribution >= 0.6 is 23.8 Å². The molecule has 168 valence electrons. The maximum atomic E-state index is 13.4. The monoisotopic (exact) mass is 477 g/mol. The summed E-state index contributed by atoms with van der Waals surface area (Å²) in [5.74, 6) is -1.00. The number of amides is 2.